The van der Waals surface area contributed by atoms with E-state index in [0.29, 0.717) is 5.92 Å². The first-order valence-corrected chi connectivity index (χ1v) is 8.84. The topological polar surface area (TPSA) is 46.7 Å². The highest BCUT2D eigenvalue weighted by atomic mass is 16.5. The molecule has 2 aliphatic heterocycles. The van der Waals surface area contributed by atoms with Gasteiger partial charge in [0.05, 0.1) is 26.3 Å². The molecule has 1 unspecified atom stereocenters. The summed E-state index contributed by atoms with van der Waals surface area (Å²) in [5.74, 6) is 3.76. The van der Waals surface area contributed by atoms with E-state index in [9.17, 15) is 0 Å². The summed E-state index contributed by atoms with van der Waals surface area (Å²) in [5.41, 5.74) is 0. The quantitative estimate of drug-likeness (QED) is 0.855. The van der Waals surface area contributed by atoms with Crippen LogP contribution in [-0.4, -0.2) is 58.7 Å². The molecule has 2 aliphatic rings. The van der Waals surface area contributed by atoms with Crippen LogP contribution >= 0.6 is 0 Å². The molecule has 0 spiro atoms. The standard InChI is InChI=1S/C18H26N4O2/c1-15-2-3-17(24-15)13-21-11-16(10-20-6-8-23-9-7-20)12-22-5-4-19-18(22)14-21/h2-5,16H,6-14H2,1H3. The van der Waals surface area contributed by atoms with E-state index in [0.717, 1.165) is 76.4 Å². The molecule has 2 aromatic heterocycles. The lowest BCUT2D eigenvalue weighted by Gasteiger charge is -2.31. The Morgan fingerprint density at radius 1 is 1.17 bits per heavy atom. The summed E-state index contributed by atoms with van der Waals surface area (Å²) >= 11 is 0. The van der Waals surface area contributed by atoms with Crippen molar-refractivity contribution in [2.75, 3.05) is 39.4 Å². The molecule has 6 nitrogen and oxygen atoms in total. The van der Waals surface area contributed by atoms with E-state index in [-0.39, 0.29) is 0 Å². The molecule has 24 heavy (non-hydrogen) atoms. The van der Waals surface area contributed by atoms with E-state index in [1.54, 1.807) is 0 Å². The Kier molecular flexibility index (Phi) is 4.69. The zero-order valence-corrected chi connectivity index (χ0v) is 14.4. The molecule has 0 amide bonds. The molecule has 0 radical (unpaired) electrons. The average Bonchev–Trinajstić information content (AvgIpc) is 3.14. The second kappa shape index (κ2) is 7.09. The molecule has 1 fully saturated rings. The van der Waals surface area contributed by atoms with Crippen molar-refractivity contribution in [3.05, 3.63) is 41.9 Å². The molecule has 0 aliphatic carbocycles. The Morgan fingerprint density at radius 3 is 2.83 bits per heavy atom. The van der Waals surface area contributed by atoms with E-state index in [2.05, 4.69) is 31.6 Å². The largest absolute Gasteiger partial charge is 0.465 e. The van der Waals surface area contributed by atoms with Crippen molar-refractivity contribution in [3.63, 3.8) is 0 Å². The summed E-state index contributed by atoms with van der Waals surface area (Å²) in [4.78, 5) is 9.55. The van der Waals surface area contributed by atoms with Gasteiger partial charge in [0.15, 0.2) is 0 Å². The Bertz CT molecular complexity index is 660. The Hall–Kier alpha value is -1.63. The number of rotatable bonds is 4. The lowest BCUT2D eigenvalue weighted by molar-refractivity contribution is 0.0263. The smallest absolute Gasteiger partial charge is 0.122 e. The Balaban J connectivity index is 1.47. The number of aryl methyl sites for hydroxylation is 1. The van der Waals surface area contributed by atoms with Crippen LogP contribution in [0.2, 0.25) is 0 Å². The molecule has 4 heterocycles. The van der Waals surface area contributed by atoms with Crippen LogP contribution in [0.15, 0.2) is 28.9 Å². The highest BCUT2D eigenvalue weighted by molar-refractivity contribution is 5.06. The first kappa shape index (κ1) is 15.9. The third kappa shape index (κ3) is 3.71. The van der Waals surface area contributed by atoms with E-state index < -0.39 is 0 Å². The number of fused-ring (bicyclic) bond motifs is 1. The minimum Gasteiger partial charge on any atom is -0.465 e. The zero-order chi connectivity index (χ0) is 16.4. The van der Waals surface area contributed by atoms with Crippen molar-refractivity contribution >= 4 is 0 Å². The van der Waals surface area contributed by atoms with Gasteiger partial charge in [-0.25, -0.2) is 4.98 Å². The molecule has 0 saturated carbocycles. The summed E-state index contributed by atoms with van der Waals surface area (Å²) < 4.78 is 13.6. The number of aromatic nitrogens is 2. The first-order chi connectivity index (χ1) is 11.8. The number of furan rings is 1. The monoisotopic (exact) mass is 330 g/mol. The number of hydrogen-bond acceptors (Lipinski definition) is 5. The zero-order valence-electron chi connectivity index (χ0n) is 14.4. The first-order valence-electron chi connectivity index (χ1n) is 8.84. The Labute approximate surface area is 143 Å². The normalized spacial score (nSPS) is 23.1. The van der Waals surface area contributed by atoms with E-state index in [4.69, 9.17) is 9.15 Å². The molecule has 2 aromatic rings. The maximum absolute atomic E-state index is 5.79. The number of ether oxygens (including phenoxy) is 1. The van der Waals surface area contributed by atoms with Crippen molar-refractivity contribution in [1.29, 1.82) is 0 Å². The van der Waals surface area contributed by atoms with Crippen LogP contribution in [0.3, 0.4) is 0 Å². The fourth-order valence-corrected chi connectivity index (χ4v) is 3.80. The summed E-state index contributed by atoms with van der Waals surface area (Å²) in [6.07, 6.45) is 4.03. The lowest BCUT2D eigenvalue weighted by Crippen LogP contribution is -2.42. The summed E-state index contributed by atoms with van der Waals surface area (Å²) in [6, 6.07) is 4.13. The van der Waals surface area contributed by atoms with Crippen LogP contribution in [-0.2, 0) is 24.4 Å². The van der Waals surface area contributed by atoms with Crippen LogP contribution in [0.1, 0.15) is 17.3 Å². The number of hydrogen-bond donors (Lipinski definition) is 0. The van der Waals surface area contributed by atoms with Gasteiger partial charge in [-0.2, -0.15) is 0 Å². The van der Waals surface area contributed by atoms with Gasteiger partial charge >= 0.3 is 0 Å². The molecule has 1 saturated heterocycles. The lowest BCUT2D eigenvalue weighted by atomic mass is 10.1. The molecular formula is C18H26N4O2. The van der Waals surface area contributed by atoms with Gasteiger partial charge in [0.1, 0.15) is 17.3 Å². The van der Waals surface area contributed by atoms with Gasteiger partial charge in [-0.05, 0) is 19.1 Å². The van der Waals surface area contributed by atoms with Crippen molar-refractivity contribution in [2.45, 2.75) is 26.6 Å². The predicted molar refractivity (Wildman–Crippen MR) is 90.5 cm³/mol. The predicted octanol–water partition coefficient (Wildman–Crippen LogP) is 1.75. The maximum atomic E-state index is 5.79. The summed E-state index contributed by atoms with van der Waals surface area (Å²) in [6.45, 7) is 10.8. The van der Waals surface area contributed by atoms with E-state index in [1.165, 1.54) is 0 Å². The van der Waals surface area contributed by atoms with Crippen molar-refractivity contribution < 1.29 is 9.15 Å². The minimum absolute atomic E-state index is 0.592. The van der Waals surface area contributed by atoms with Crippen LogP contribution < -0.4 is 0 Å². The van der Waals surface area contributed by atoms with Gasteiger partial charge in [0, 0.05) is 51.0 Å². The fourth-order valence-electron chi connectivity index (χ4n) is 3.80. The van der Waals surface area contributed by atoms with Crippen LogP contribution in [0.25, 0.3) is 0 Å². The third-order valence-electron chi connectivity index (χ3n) is 4.93. The molecule has 130 valence electrons. The molecular weight excluding hydrogens is 304 g/mol. The Morgan fingerprint density at radius 2 is 2.04 bits per heavy atom. The van der Waals surface area contributed by atoms with Gasteiger partial charge in [0.2, 0.25) is 0 Å². The van der Waals surface area contributed by atoms with Crippen LogP contribution in [0, 0.1) is 12.8 Å². The maximum Gasteiger partial charge on any atom is 0.122 e. The highest BCUT2D eigenvalue weighted by Crippen LogP contribution is 2.20. The number of nitrogens with zero attached hydrogens (tertiary/aromatic N) is 4. The molecule has 0 N–H and O–H groups in total. The third-order valence-corrected chi connectivity index (χ3v) is 4.93. The summed E-state index contributed by atoms with van der Waals surface area (Å²) in [5, 5.41) is 0. The van der Waals surface area contributed by atoms with Gasteiger partial charge in [0.25, 0.3) is 0 Å². The summed E-state index contributed by atoms with van der Waals surface area (Å²) in [7, 11) is 0. The van der Waals surface area contributed by atoms with Gasteiger partial charge in [-0.1, -0.05) is 0 Å². The number of imidazole rings is 1. The molecule has 0 aromatic carbocycles. The van der Waals surface area contributed by atoms with Crippen LogP contribution in [0.4, 0.5) is 0 Å². The van der Waals surface area contributed by atoms with Crippen molar-refractivity contribution in [1.82, 2.24) is 19.4 Å². The SMILES string of the molecule is Cc1ccc(CN2Cc3nccn3CC(CN3CCOCC3)C2)o1. The molecule has 4 rings (SSSR count). The van der Waals surface area contributed by atoms with Crippen molar-refractivity contribution in [2.24, 2.45) is 5.92 Å². The minimum atomic E-state index is 0.592. The fraction of sp³-hybridized carbons (Fsp3) is 0.611. The van der Waals surface area contributed by atoms with E-state index in [1.807, 2.05) is 19.2 Å². The van der Waals surface area contributed by atoms with Gasteiger partial charge in [-0.15, -0.1) is 0 Å². The molecule has 1 atom stereocenters. The van der Waals surface area contributed by atoms with Crippen LogP contribution in [0.5, 0.6) is 0 Å². The van der Waals surface area contributed by atoms with Gasteiger partial charge < -0.3 is 13.7 Å². The van der Waals surface area contributed by atoms with E-state index >= 15 is 0 Å². The van der Waals surface area contributed by atoms with Gasteiger partial charge in [-0.3, -0.25) is 9.80 Å². The van der Waals surface area contributed by atoms with Crippen molar-refractivity contribution in [3.8, 4) is 0 Å². The highest BCUT2D eigenvalue weighted by Gasteiger charge is 2.25. The second-order valence-electron chi connectivity index (χ2n) is 6.96. The number of morpholine rings is 1. The second-order valence-corrected chi connectivity index (χ2v) is 6.96. The molecule has 0 bridgehead atoms. The average molecular weight is 330 g/mol. The molecule has 6 heteroatoms.